The van der Waals surface area contributed by atoms with Crippen molar-refractivity contribution in [1.29, 1.82) is 0 Å². The summed E-state index contributed by atoms with van der Waals surface area (Å²) in [5.41, 5.74) is 0.242. The first-order valence-corrected chi connectivity index (χ1v) is 6.73. The molecule has 0 saturated carbocycles. The maximum absolute atomic E-state index is 9.41. The van der Waals surface area contributed by atoms with Crippen LogP contribution in [0.25, 0.3) is 0 Å². The monoisotopic (exact) mass is 241 g/mol. The molecule has 0 aliphatic heterocycles. The van der Waals surface area contributed by atoms with E-state index < -0.39 is 0 Å². The van der Waals surface area contributed by atoms with Crippen LogP contribution in [-0.2, 0) is 12.0 Å². The second-order valence-corrected chi connectivity index (χ2v) is 6.38. The summed E-state index contributed by atoms with van der Waals surface area (Å²) < 4.78 is 0. The third-order valence-electron chi connectivity index (χ3n) is 2.55. The number of aliphatic hydroxyl groups is 1. The average molecular weight is 241 g/mol. The topological polar surface area (TPSA) is 32.3 Å². The molecule has 0 amide bonds. The fourth-order valence-electron chi connectivity index (χ4n) is 1.38. The molecule has 0 aromatic carbocycles. The molecular formula is C13H23NOS. The van der Waals surface area contributed by atoms with Gasteiger partial charge in [0.1, 0.15) is 0 Å². The predicted octanol–water partition coefficient (Wildman–Crippen LogP) is 2.91. The zero-order valence-corrected chi connectivity index (χ0v) is 11.5. The fraction of sp³-hybridized carbons (Fsp3) is 0.692. The molecule has 0 aliphatic rings. The van der Waals surface area contributed by atoms with Crippen molar-refractivity contribution >= 4 is 11.3 Å². The minimum atomic E-state index is -0.220. The van der Waals surface area contributed by atoms with Gasteiger partial charge >= 0.3 is 0 Å². The van der Waals surface area contributed by atoms with E-state index in [0.29, 0.717) is 6.54 Å². The molecule has 3 heteroatoms. The van der Waals surface area contributed by atoms with Gasteiger partial charge in [-0.15, -0.1) is 11.3 Å². The highest BCUT2D eigenvalue weighted by Gasteiger charge is 2.15. The molecule has 0 fully saturated rings. The average Bonchev–Trinajstić information content (AvgIpc) is 2.65. The Labute approximate surface area is 103 Å². The molecule has 1 rings (SSSR count). The first-order valence-electron chi connectivity index (χ1n) is 5.91. The Hall–Kier alpha value is -0.380. The van der Waals surface area contributed by atoms with Crippen LogP contribution in [0.4, 0.5) is 0 Å². The van der Waals surface area contributed by atoms with Gasteiger partial charge in [-0.05, 0) is 24.0 Å². The Bertz CT molecular complexity index is 314. The largest absolute Gasteiger partial charge is 0.392 e. The zero-order chi connectivity index (χ0) is 12.2. The number of nitrogens with one attached hydrogen (secondary N) is 1. The Morgan fingerprint density at radius 2 is 2.06 bits per heavy atom. The van der Waals surface area contributed by atoms with Crippen molar-refractivity contribution in [2.24, 2.45) is 0 Å². The standard InChI is InChI=1S/C13H23NOS/c1-5-10(15)8-14-9-11-6-7-12(16-11)13(2,3)4/h6-7,10,14-15H,5,8-9H2,1-4H3. The first kappa shape index (κ1) is 13.7. The highest BCUT2D eigenvalue weighted by atomic mass is 32.1. The summed E-state index contributed by atoms with van der Waals surface area (Å²) >= 11 is 1.85. The molecule has 16 heavy (non-hydrogen) atoms. The molecule has 2 nitrogen and oxygen atoms in total. The Morgan fingerprint density at radius 3 is 2.56 bits per heavy atom. The molecule has 0 saturated heterocycles. The van der Waals surface area contributed by atoms with Crippen LogP contribution in [0.2, 0.25) is 0 Å². The van der Waals surface area contributed by atoms with E-state index >= 15 is 0 Å². The van der Waals surface area contributed by atoms with Crippen molar-refractivity contribution in [2.45, 2.75) is 52.2 Å². The van der Waals surface area contributed by atoms with Crippen LogP contribution in [0.5, 0.6) is 0 Å². The van der Waals surface area contributed by atoms with Gasteiger partial charge in [0.15, 0.2) is 0 Å². The predicted molar refractivity (Wildman–Crippen MR) is 71.0 cm³/mol. The molecule has 0 radical (unpaired) electrons. The quantitative estimate of drug-likeness (QED) is 0.831. The Morgan fingerprint density at radius 1 is 1.38 bits per heavy atom. The number of hydrogen-bond donors (Lipinski definition) is 2. The lowest BCUT2D eigenvalue weighted by atomic mass is 9.95. The molecule has 0 spiro atoms. The van der Waals surface area contributed by atoms with Gasteiger partial charge in [0.05, 0.1) is 6.10 Å². The van der Waals surface area contributed by atoms with Crippen molar-refractivity contribution in [1.82, 2.24) is 5.32 Å². The van der Waals surface area contributed by atoms with Crippen LogP contribution in [0.1, 0.15) is 43.9 Å². The molecule has 1 atom stereocenters. The maximum Gasteiger partial charge on any atom is 0.0662 e. The first-order chi connectivity index (χ1) is 7.43. The van der Waals surface area contributed by atoms with E-state index in [1.165, 1.54) is 9.75 Å². The smallest absolute Gasteiger partial charge is 0.0662 e. The fourth-order valence-corrected chi connectivity index (χ4v) is 2.42. The van der Waals surface area contributed by atoms with E-state index in [2.05, 4.69) is 38.2 Å². The van der Waals surface area contributed by atoms with Gasteiger partial charge in [-0.25, -0.2) is 0 Å². The zero-order valence-electron chi connectivity index (χ0n) is 10.7. The normalized spacial score (nSPS) is 14.1. The molecule has 1 aromatic rings. The summed E-state index contributed by atoms with van der Waals surface area (Å²) in [5, 5.41) is 12.7. The van der Waals surface area contributed by atoms with Crippen molar-refractivity contribution in [2.75, 3.05) is 6.54 Å². The van der Waals surface area contributed by atoms with E-state index in [-0.39, 0.29) is 11.5 Å². The van der Waals surface area contributed by atoms with E-state index in [0.717, 1.165) is 13.0 Å². The van der Waals surface area contributed by atoms with Crippen molar-refractivity contribution in [3.63, 3.8) is 0 Å². The number of hydrogen-bond acceptors (Lipinski definition) is 3. The number of rotatable bonds is 5. The van der Waals surface area contributed by atoms with Crippen LogP contribution in [0.15, 0.2) is 12.1 Å². The van der Waals surface area contributed by atoms with Gasteiger partial charge in [0.25, 0.3) is 0 Å². The molecule has 0 aliphatic carbocycles. The molecule has 92 valence electrons. The lowest BCUT2D eigenvalue weighted by molar-refractivity contribution is 0.167. The minimum Gasteiger partial charge on any atom is -0.392 e. The summed E-state index contributed by atoms with van der Waals surface area (Å²) in [6.45, 7) is 10.2. The van der Waals surface area contributed by atoms with E-state index in [1.807, 2.05) is 18.3 Å². The molecule has 0 bridgehead atoms. The number of thiophene rings is 1. The van der Waals surface area contributed by atoms with Crippen LogP contribution in [0.3, 0.4) is 0 Å². The molecular weight excluding hydrogens is 218 g/mol. The lowest BCUT2D eigenvalue weighted by Crippen LogP contribution is -2.25. The van der Waals surface area contributed by atoms with Gasteiger partial charge in [-0.2, -0.15) is 0 Å². The summed E-state index contributed by atoms with van der Waals surface area (Å²) in [5.74, 6) is 0. The third kappa shape index (κ3) is 4.24. The molecule has 2 N–H and O–H groups in total. The van der Waals surface area contributed by atoms with Crippen LogP contribution >= 0.6 is 11.3 Å². The van der Waals surface area contributed by atoms with Crippen LogP contribution < -0.4 is 5.32 Å². The van der Waals surface area contributed by atoms with Gasteiger partial charge in [-0.3, -0.25) is 0 Å². The Kier molecular flexibility index (Phi) is 4.96. The van der Waals surface area contributed by atoms with Gasteiger partial charge in [0, 0.05) is 22.8 Å². The molecule has 1 aromatic heterocycles. The van der Waals surface area contributed by atoms with E-state index in [4.69, 9.17) is 0 Å². The second kappa shape index (κ2) is 5.80. The van der Waals surface area contributed by atoms with E-state index in [9.17, 15) is 5.11 Å². The number of aliphatic hydroxyl groups excluding tert-OH is 1. The van der Waals surface area contributed by atoms with Crippen molar-refractivity contribution < 1.29 is 5.11 Å². The Balaban J connectivity index is 2.41. The van der Waals surface area contributed by atoms with Crippen LogP contribution in [-0.4, -0.2) is 17.8 Å². The van der Waals surface area contributed by atoms with E-state index in [1.54, 1.807) is 0 Å². The summed E-state index contributed by atoms with van der Waals surface area (Å²) in [6.07, 6.45) is 0.590. The van der Waals surface area contributed by atoms with Gasteiger partial charge < -0.3 is 10.4 Å². The lowest BCUT2D eigenvalue weighted by Gasteiger charge is -2.15. The molecule has 1 unspecified atom stereocenters. The highest BCUT2D eigenvalue weighted by molar-refractivity contribution is 7.12. The SMILES string of the molecule is CCC(O)CNCc1ccc(C(C)(C)C)s1. The van der Waals surface area contributed by atoms with Gasteiger partial charge in [0.2, 0.25) is 0 Å². The van der Waals surface area contributed by atoms with Gasteiger partial charge in [-0.1, -0.05) is 27.7 Å². The minimum absolute atomic E-state index is 0.220. The summed E-state index contributed by atoms with van der Waals surface area (Å²) in [7, 11) is 0. The van der Waals surface area contributed by atoms with Crippen molar-refractivity contribution in [3.05, 3.63) is 21.9 Å². The summed E-state index contributed by atoms with van der Waals surface area (Å²) in [4.78, 5) is 2.76. The third-order valence-corrected chi connectivity index (χ3v) is 4.06. The highest BCUT2D eigenvalue weighted by Crippen LogP contribution is 2.29. The summed E-state index contributed by atoms with van der Waals surface area (Å²) in [6, 6.07) is 4.38. The molecule has 1 heterocycles. The maximum atomic E-state index is 9.41. The van der Waals surface area contributed by atoms with Crippen molar-refractivity contribution in [3.8, 4) is 0 Å². The van der Waals surface area contributed by atoms with Crippen LogP contribution in [0, 0.1) is 0 Å². The second-order valence-electron chi connectivity index (χ2n) is 5.21.